The van der Waals surface area contributed by atoms with Crippen molar-refractivity contribution in [1.29, 1.82) is 0 Å². The number of ether oxygens (including phenoxy) is 1. The molecule has 0 aliphatic heterocycles. The van der Waals surface area contributed by atoms with E-state index in [9.17, 15) is 14.7 Å². The van der Waals surface area contributed by atoms with Gasteiger partial charge >= 0.3 is 5.97 Å². The number of phenolic OH excluding ortho intramolecular Hbond substituents is 1. The lowest BCUT2D eigenvalue weighted by molar-refractivity contribution is -0.155. The molecule has 1 rings (SSSR count). The van der Waals surface area contributed by atoms with Crippen LogP contribution >= 0.6 is 0 Å². The van der Waals surface area contributed by atoms with Crippen LogP contribution < -0.4 is 5.23 Å². The molecule has 0 aromatic heterocycles. The van der Waals surface area contributed by atoms with Crippen LogP contribution in [0.5, 0.6) is 5.75 Å². The molecule has 22 heavy (non-hydrogen) atoms. The van der Waals surface area contributed by atoms with Crippen molar-refractivity contribution in [3.8, 4) is 5.75 Å². The van der Waals surface area contributed by atoms with Crippen LogP contribution in [0.3, 0.4) is 0 Å². The van der Waals surface area contributed by atoms with Gasteiger partial charge in [-0.2, -0.15) is 0 Å². The fourth-order valence-corrected chi connectivity index (χ4v) is 2.09. The van der Waals surface area contributed by atoms with E-state index in [4.69, 9.17) is 4.74 Å². The predicted molar refractivity (Wildman–Crippen MR) is 86.4 cm³/mol. The van der Waals surface area contributed by atoms with Crippen LogP contribution in [-0.2, 0) is 20.7 Å². The summed E-state index contributed by atoms with van der Waals surface area (Å²) in [4.78, 5) is 22.5. The molecule has 2 N–H and O–H groups in total. The van der Waals surface area contributed by atoms with E-state index in [0.29, 0.717) is 12.6 Å². The lowest BCUT2D eigenvalue weighted by Gasteiger charge is -2.23. The van der Waals surface area contributed by atoms with Crippen molar-refractivity contribution in [2.45, 2.75) is 52.2 Å². The zero-order valence-corrected chi connectivity index (χ0v) is 13.6. The largest absolute Gasteiger partial charge is 0.508 e. The van der Waals surface area contributed by atoms with Crippen molar-refractivity contribution in [1.82, 2.24) is 5.23 Å². The average molecular weight is 304 g/mol. The number of rotatable bonds is 7. The molecule has 5 nitrogen and oxygen atoms in total. The fraction of sp³-hybridized carbons (Fsp3) is 0.500. The Kier molecular flexibility index (Phi) is 6.62. The number of esters is 1. The summed E-state index contributed by atoms with van der Waals surface area (Å²) in [7, 11) is 1.27. The minimum atomic E-state index is -0.545. The molecule has 0 bridgehead atoms. The third-order valence-electron chi connectivity index (χ3n) is 3.03. The van der Waals surface area contributed by atoms with E-state index in [-0.39, 0.29) is 24.2 Å². The number of aromatic hydroxyl groups is 1. The smallest absolute Gasteiger partial charge is 0.307 e. The van der Waals surface area contributed by atoms with E-state index in [1.54, 1.807) is 12.1 Å². The second-order valence-corrected chi connectivity index (χ2v) is 6.27. The normalized spacial score (nSPS) is 12.5. The number of aryl methyl sites for hydroxylation is 1. The van der Waals surface area contributed by atoms with E-state index >= 15 is 0 Å². The molecule has 0 aliphatic rings. The van der Waals surface area contributed by atoms with E-state index in [0.717, 1.165) is 11.1 Å². The molecule has 6 heteroatoms. The van der Waals surface area contributed by atoms with Gasteiger partial charge in [-0.15, -0.1) is 0 Å². The SMILES string of the molecule is Cc1ccc(O)cc1C[C@@H](CC(=O)OC(C)(C)C)N[B]C=O. The molecule has 1 aromatic carbocycles. The highest BCUT2D eigenvalue weighted by Crippen LogP contribution is 2.19. The summed E-state index contributed by atoms with van der Waals surface area (Å²) < 4.78 is 5.31. The first kappa shape index (κ1) is 18.2. The summed E-state index contributed by atoms with van der Waals surface area (Å²) in [5, 5.41) is 12.5. The molecule has 0 amide bonds. The third-order valence-corrected chi connectivity index (χ3v) is 3.03. The van der Waals surface area contributed by atoms with Crippen LogP contribution in [0.15, 0.2) is 18.2 Å². The van der Waals surface area contributed by atoms with Crippen LogP contribution in [0.1, 0.15) is 38.3 Å². The van der Waals surface area contributed by atoms with E-state index in [1.807, 2.05) is 33.8 Å². The maximum Gasteiger partial charge on any atom is 0.307 e. The number of phenols is 1. The van der Waals surface area contributed by atoms with Crippen LogP contribution in [-0.4, -0.2) is 36.3 Å². The van der Waals surface area contributed by atoms with Crippen LogP contribution in [0, 0.1) is 6.92 Å². The van der Waals surface area contributed by atoms with Crippen molar-refractivity contribution in [2.75, 3.05) is 0 Å². The van der Waals surface area contributed by atoms with Gasteiger partial charge in [-0.05, 0) is 57.4 Å². The van der Waals surface area contributed by atoms with E-state index in [2.05, 4.69) is 5.23 Å². The Balaban J connectivity index is 2.77. The molecule has 0 aliphatic carbocycles. The monoisotopic (exact) mass is 304 g/mol. The van der Waals surface area contributed by atoms with Gasteiger partial charge in [0.2, 0.25) is 0 Å². The predicted octanol–water partition coefficient (Wildman–Crippen LogP) is 1.74. The summed E-state index contributed by atoms with van der Waals surface area (Å²) in [6, 6.07) is 4.83. The highest BCUT2D eigenvalue weighted by atomic mass is 16.6. The highest BCUT2D eigenvalue weighted by molar-refractivity contribution is 6.64. The van der Waals surface area contributed by atoms with Crippen molar-refractivity contribution in [3.05, 3.63) is 29.3 Å². The van der Waals surface area contributed by atoms with Gasteiger partial charge in [0.25, 0.3) is 7.41 Å². The minimum absolute atomic E-state index is 0.136. The molecule has 0 saturated heterocycles. The number of carbonyl (C=O) groups excluding carboxylic acids is 2. The molecular formula is C16H23BNO4. The number of nitrogens with one attached hydrogen (secondary N) is 1. The Bertz CT molecular complexity index is 525. The molecule has 1 atom stereocenters. The second kappa shape index (κ2) is 7.99. The molecule has 0 saturated carbocycles. The van der Waals surface area contributed by atoms with Gasteiger partial charge in [0.15, 0.2) is 0 Å². The third kappa shape index (κ3) is 6.76. The van der Waals surface area contributed by atoms with Gasteiger partial charge in [-0.1, -0.05) is 6.07 Å². The van der Waals surface area contributed by atoms with Crippen molar-refractivity contribution >= 4 is 19.6 Å². The fourth-order valence-electron chi connectivity index (χ4n) is 2.09. The molecule has 1 aromatic rings. The van der Waals surface area contributed by atoms with Gasteiger partial charge in [-0.3, -0.25) is 4.79 Å². The Morgan fingerprint density at radius 2 is 2.14 bits per heavy atom. The van der Waals surface area contributed by atoms with Crippen molar-refractivity contribution in [3.63, 3.8) is 0 Å². The Morgan fingerprint density at radius 1 is 1.45 bits per heavy atom. The Hall–Kier alpha value is -1.82. The Morgan fingerprint density at radius 3 is 2.73 bits per heavy atom. The second-order valence-electron chi connectivity index (χ2n) is 6.27. The lowest BCUT2D eigenvalue weighted by Crippen LogP contribution is -2.38. The maximum absolute atomic E-state index is 12.0. The summed E-state index contributed by atoms with van der Waals surface area (Å²) in [6.45, 7) is 7.36. The van der Waals surface area contributed by atoms with Crippen LogP contribution in [0.25, 0.3) is 0 Å². The van der Waals surface area contributed by atoms with Gasteiger partial charge < -0.3 is 19.9 Å². The number of hydrogen-bond donors (Lipinski definition) is 2. The number of benzene rings is 1. The highest BCUT2D eigenvalue weighted by Gasteiger charge is 2.21. The zero-order chi connectivity index (χ0) is 16.8. The van der Waals surface area contributed by atoms with Gasteiger partial charge in [0.05, 0.1) is 12.6 Å². The number of carbonyl (C=O) groups is 2. The first-order chi connectivity index (χ1) is 10.2. The topological polar surface area (TPSA) is 75.6 Å². The van der Waals surface area contributed by atoms with Gasteiger partial charge in [-0.25, -0.2) is 0 Å². The first-order valence-corrected chi connectivity index (χ1v) is 7.24. The van der Waals surface area contributed by atoms with Crippen molar-refractivity contribution < 1.29 is 19.4 Å². The molecule has 0 fully saturated rings. The molecular weight excluding hydrogens is 281 g/mol. The van der Waals surface area contributed by atoms with Crippen molar-refractivity contribution in [2.24, 2.45) is 0 Å². The van der Waals surface area contributed by atoms with E-state index in [1.165, 1.54) is 7.41 Å². The molecule has 119 valence electrons. The molecule has 0 heterocycles. The zero-order valence-electron chi connectivity index (χ0n) is 13.6. The molecule has 1 radical (unpaired) electrons. The average Bonchev–Trinajstić information content (AvgIpc) is 2.38. The van der Waals surface area contributed by atoms with Gasteiger partial charge in [0.1, 0.15) is 11.4 Å². The summed E-state index contributed by atoms with van der Waals surface area (Å²) >= 11 is 0. The molecule has 0 spiro atoms. The number of hydrogen-bond acceptors (Lipinski definition) is 5. The standard InChI is InChI=1S/C16H23BNO4/c1-11-5-6-14(20)8-12(11)7-13(18-17-10-19)9-15(21)22-16(2,3)4/h5-6,8,10,13,18,20H,7,9H2,1-4H3/t13-/m0/s1. The van der Waals surface area contributed by atoms with Gasteiger partial charge in [0, 0.05) is 6.04 Å². The van der Waals surface area contributed by atoms with Crippen LogP contribution in [0.4, 0.5) is 0 Å². The van der Waals surface area contributed by atoms with Crippen LogP contribution in [0.2, 0.25) is 0 Å². The first-order valence-electron chi connectivity index (χ1n) is 7.24. The minimum Gasteiger partial charge on any atom is -0.508 e. The summed E-state index contributed by atoms with van der Waals surface area (Å²) in [6.07, 6.45) is 1.28. The lowest BCUT2D eigenvalue weighted by atomic mass is 9.91. The maximum atomic E-state index is 12.0. The summed E-state index contributed by atoms with van der Waals surface area (Å²) in [5.41, 5.74) is 1.39. The molecule has 0 unspecified atom stereocenters. The van der Waals surface area contributed by atoms with E-state index < -0.39 is 5.60 Å². The Labute approximate surface area is 132 Å². The summed E-state index contributed by atoms with van der Waals surface area (Å²) in [5.74, 6) is -0.155. The quantitative estimate of drug-likeness (QED) is 0.456.